The second-order valence-corrected chi connectivity index (χ2v) is 4.09. The predicted octanol–water partition coefficient (Wildman–Crippen LogP) is 2.69. The van der Waals surface area contributed by atoms with E-state index in [1.807, 2.05) is 0 Å². The van der Waals surface area contributed by atoms with E-state index in [2.05, 4.69) is 13.5 Å². The Morgan fingerprint density at radius 1 is 1.31 bits per heavy atom. The van der Waals surface area contributed by atoms with Crippen molar-refractivity contribution in [2.24, 2.45) is 5.41 Å². The fourth-order valence-electron chi connectivity index (χ4n) is 2.00. The number of esters is 1. The van der Waals surface area contributed by atoms with Crippen LogP contribution in [0, 0.1) is 5.41 Å². The van der Waals surface area contributed by atoms with Crippen molar-refractivity contribution in [3.63, 3.8) is 0 Å². The average Bonchev–Trinajstić information content (AvgIpc) is 2.16. The fourth-order valence-corrected chi connectivity index (χ4v) is 2.00. The van der Waals surface area contributed by atoms with Crippen molar-refractivity contribution in [1.29, 1.82) is 0 Å². The Morgan fingerprint density at radius 2 is 1.85 bits per heavy atom. The van der Waals surface area contributed by atoms with E-state index in [1.165, 1.54) is 26.4 Å². The van der Waals surface area contributed by atoms with E-state index >= 15 is 0 Å². The molecule has 0 aromatic heterocycles. The average molecular weight is 182 g/mol. The van der Waals surface area contributed by atoms with E-state index in [1.54, 1.807) is 0 Å². The van der Waals surface area contributed by atoms with Crippen LogP contribution in [0.15, 0.2) is 12.2 Å². The van der Waals surface area contributed by atoms with E-state index in [0.29, 0.717) is 5.57 Å². The summed E-state index contributed by atoms with van der Waals surface area (Å²) in [5.74, 6) is -0.246. The molecule has 0 radical (unpaired) electrons. The van der Waals surface area contributed by atoms with Gasteiger partial charge in [0.1, 0.15) is 0 Å². The maximum Gasteiger partial charge on any atom is 0.333 e. The molecule has 74 valence electrons. The molecule has 13 heavy (non-hydrogen) atoms. The molecule has 0 aromatic rings. The summed E-state index contributed by atoms with van der Waals surface area (Å²) in [6, 6.07) is 0. The molecule has 1 aliphatic carbocycles. The van der Waals surface area contributed by atoms with Crippen LogP contribution < -0.4 is 0 Å². The summed E-state index contributed by atoms with van der Waals surface area (Å²) in [4.78, 5) is 11.3. The molecule has 0 saturated heterocycles. The number of methoxy groups -OCH3 is 1. The van der Waals surface area contributed by atoms with Crippen LogP contribution in [0.5, 0.6) is 0 Å². The number of carbonyl (C=O) groups is 1. The van der Waals surface area contributed by atoms with Gasteiger partial charge in [0.25, 0.3) is 0 Å². The molecule has 0 unspecified atom stereocenters. The molecule has 0 aliphatic heterocycles. The third-order valence-electron chi connectivity index (χ3n) is 3.12. The molecule has 0 bridgehead atoms. The predicted molar refractivity (Wildman–Crippen MR) is 52.3 cm³/mol. The molecule has 2 heteroatoms. The molecule has 2 nitrogen and oxygen atoms in total. The van der Waals surface area contributed by atoms with Gasteiger partial charge >= 0.3 is 5.97 Å². The van der Waals surface area contributed by atoms with Gasteiger partial charge in [-0.15, -0.1) is 0 Å². The number of carbonyl (C=O) groups excluding carboxylic acids is 1. The first kappa shape index (κ1) is 10.3. The zero-order valence-electron chi connectivity index (χ0n) is 8.56. The Morgan fingerprint density at radius 3 is 2.31 bits per heavy atom. The molecular weight excluding hydrogens is 164 g/mol. The van der Waals surface area contributed by atoms with Crippen LogP contribution >= 0.6 is 0 Å². The standard InChI is InChI=1S/C11H18O2/c1-9(10(12)13-3)11(2)7-5-4-6-8-11/h1,4-8H2,2-3H3. The molecule has 1 fully saturated rings. The van der Waals surface area contributed by atoms with Gasteiger partial charge in [0.05, 0.1) is 7.11 Å². The van der Waals surface area contributed by atoms with Gasteiger partial charge in [0, 0.05) is 5.57 Å². The smallest absolute Gasteiger partial charge is 0.333 e. The first-order valence-electron chi connectivity index (χ1n) is 4.88. The van der Waals surface area contributed by atoms with E-state index in [-0.39, 0.29) is 11.4 Å². The molecule has 0 atom stereocenters. The highest BCUT2D eigenvalue weighted by atomic mass is 16.5. The van der Waals surface area contributed by atoms with Crippen LogP contribution in [-0.2, 0) is 9.53 Å². The van der Waals surface area contributed by atoms with Gasteiger partial charge in [-0.1, -0.05) is 32.8 Å². The Balaban J connectivity index is 2.67. The van der Waals surface area contributed by atoms with Crippen molar-refractivity contribution in [3.8, 4) is 0 Å². The Hall–Kier alpha value is -0.790. The molecule has 0 N–H and O–H groups in total. The molecule has 1 rings (SSSR count). The summed E-state index contributed by atoms with van der Waals surface area (Å²) in [5.41, 5.74) is 0.639. The quantitative estimate of drug-likeness (QED) is 0.485. The normalized spacial score (nSPS) is 20.8. The van der Waals surface area contributed by atoms with Gasteiger partial charge in [-0.05, 0) is 18.3 Å². The lowest BCUT2D eigenvalue weighted by molar-refractivity contribution is -0.137. The SMILES string of the molecule is C=C(C(=O)OC)C1(C)CCCCC1. The summed E-state index contributed by atoms with van der Waals surface area (Å²) in [6.45, 7) is 5.96. The van der Waals surface area contributed by atoms with Gasteiger partial charge < -0.3 is 4.74 Å². The first-order chi connectivity index (χ1) is 6.10. The van der Waals surface area contributed by atoms with Crippen molar-refractivity contribution in [3.05, 3.63) is 12.2 Å². The van der Waals surface area contributed by atoms with Gasteiger partial charge in [-0.3, -0.25) is 0 Å². The maximum atomic E-state index is 11.3. The van der Waals surface area contributed by atoms with Gasteiger partial charge in [-0.25, -0.2) is 4.79 Å². The number of hydrogen-bond donors (Lipinski definition) is 0. The zero-order chi connectivity index (χ0) is 9.90. The van der Waals surface area contributed by atoms with Gasteiger partial charge in [0.15, 0.2) is 0 Å². The molecule has 0 aromatic carbocycles. The van der Waals surface area contributed by atoms with E-state index in [9.17, 15) is 4.79 Å². The van der Waals surface area contributed by atoms with E-state index in [4.69, 9.17) is 4.74 Å². The van der Waals surface area contributed by atoms with Gasteiger partial charge in [0.2, 0.25) is 0 Å². The van der Waals surface area contributed by atoms with Crippen molar-refractivity contribution in [2.45, 2.75) is 39.0 Å². The van der Waals surface area contributed by atoms with Crippen LogP contribution in [0.1, 0.15) is 39.0 Å². The van der Waals surface area contributed by atoms with Gasteiger partial charge in [-0.2, -0.15) is 0 Å². The second kappa shape index (κ2) is 3.95. The molecule has 0 amide bonds. The molecule has 0 heterocycles. The third-order valence-corrected chi connectivity index (χ3v) is 3.12. The Labute approximate surface area is 80.0 Å². The Bertz CT molecular complexity index is 212. The van der Waals surface area contributed by atoms with Crippen LogP contribution in [0.25, 0.3) is 0 Å². The van der Waals surface area contributed by atoms with Crippen molar-refractivity contribution in [1.82, 2.24) is 0 Å². The summed E-state index contributed by atoms with van der Waals surface area (Å²) in [6.07, 6.45) is 5.82. The lowest BCUT2D eigenvalue weighted by Gasteiger charge is -2.34. The van der Waals surface area contributed by atoms with Crippen LogP contribution in [0.3, 0.4) is 0 Å². The second-order valence-electron chi connectivity index (χ2n) is 4.09. The summed E-state index contributed by atoms with van der Waals surface area (Å²) in [5, 5.41) is 0. The number of hydrogen-bond acceptors (Lipinski definition) is 2. The number of ether oxygens (including phenoxy) is 1. The number of rotatable bonds is 2. The fraction of sp³-hybridized carbons (Fsp3) is 0.727. The van der Waals surface area contributed by atoms with Crippen LogP contribution in [-0.4, -0.2) is 13.1 Å². The van der Waals surface area contributed by atoms with E-state index in [0.717, 1.165) is 12.8 Å². The zero-order valence-corrected chi connectivity index (χ0v) is 8.56. The highest BCUT2D eigenvalue weighted by Gasteiger charge is 2.33. The summed E-state index contributed by atoms with van der Waals surface area (Å²) < 4.78 is 4.69. The minimum Gasteiger partial charge on any atom is -0.466 e. The molecule has 1 saturated carbocycles. The monoisotopic (exact) mass is 182 g/mol. The minimum absolute atomic E-state index is 0.00859. The topological polar surface area (TPSA) is 26.3 Å². The summed E-state index contributed by atoms with van der Waals surface area (Å²) >= 11 is 0. The Kier molecular flexibility index (Phi) is 3.12. The van der Waals surface area contributed by atoms with Crippen LogP contribution in [0.2, 0.25) is 0 Å². The van der Waals surface area contributed by atoms with Crippen molar-refractivity contribution in [2.75, 3.05) is 7.11 Å². The summed E-state index contributed by atoms with van der Waals surface area (Å²) in [7, 11) is 1.42. The highest BCUT2D eigenvalue weighted by molar-refractivity contribution is 5.89. The minimum atomic E-state index is -0.246. The molecule has 0 spiro atoms. The van der Waals surface area contributed by atoms with Crippen molar-refractivity contribution < 1.29 is 9.53 Å². The molecule has 1 aliphatic rings. The third kappa shape index (κ3) is 2.11. The van der Waals surface area contributed by atoms with Crippen molar-refractivity contribution >= 4 is 5.97 Å². The lowest BCUT2D eigenvalue weighted by Crippen LogP contribution is -2.27. The first-order valence-corrected chi connectivity index (χ1v) is 4.88. The van der Waals surface area contributed by atoms with E-state index < -0.39 is 0 Å². The lowest BCUT2D eigenvalue weighted by atomic mass is 9.71. The molecular formula is C11H18O2. The largest absolute Gasteiger partial charge is 0.466 e. The van der Waals surface area contributed by atoms with Crippen LogP contribution in [0.4, 0.5) is 0 Å². The maximum absolute atomic E-state index is 11.3. The highest BCUT2D eigenvalue weighted by Crippen LogP contribution is 2.41.